The summed E-state index contributed by atoms with van der Waals surface area (Å²) in [5, 5.41) is 20.5. The third-order valence-electron chi connectivity index (χ3n) is 2.57. The quantitative estimate of drug-likeness (QED) is 0.511. The Morgan fingerprint density at radius 3 is 2.53 bits per heavy atom. The highest BCUT2D eigenvalue weighted by molar-refractivity contribution is 8.00. The van der Waals surface area contributed by atoms with Crippen molar-refractivity contribution in [1.29, 1.82) is 0 Å². The first kappa shape index (κ1) is 13.5. The lowest BCUT2D eigenvalue weighted by molar-refractivity contribution is -0.139. The summed E-state index contributed by atoms with van der Waals surface area (Å²) in [6.45, 7) is 2.15. The van der Waals surface area contributed by atoms with Gasteiger partial charge in [0.25, 0.3) is 0 Å². The van der Waals surface area contributed by atoms with Gasteiger partial charge in [-0.15, -0.1) is 11.8 Å². The minimum Gasteiger partial charge on any atom is -0.504 e. The molecule has 0 saturated heterocycles. The van der Waals surface area contributed by atoms with Gasteiger partial charge in [-0.05, 0) is 42.0 Å². The normalized spacial score (nSPS) is 10.6. The van der Waals surface area contributed by atoms with Crippen LogP contribution in [0.2, 0.25) is 0 Å². The largest absolute Gasteiger partial charge is 0.504 e. The molecule has 2 aromatic rings. The van der Waals surface area contributed by atoms with Crippen molar-refractivity contribution in [2.24, 2.45) is 0 Å². The van der Waals surface area contributed by atoms with Crippen LogP contribution in [0.1, 0.15) is 6.92 Å². The molecule has 19 heavy (non-hydrogen) atoms. The van der Waals surface area contributed by atoms with Crippen molar-refractivity contribution in [2.45, 2.75) is 11.8 Å². The number of carbonyl (C=O) groups is 1. The lowest BCUT2D eigenvalue weighted by Crippen LogP contribution is -2.06. The molecule has 100 valence electrons. The predicted molar refractivity (Wildman–Crippen MR) is 74.6 cm³/mol. The molecule has 0 radical (unpaired) electrons. The van der Waals surface area contributed by atoms with Crippen LogP contribution >= 0.6 is 11.8 Å². The van der Waals surface area contributed by atoms with Crippen LogP contribution in [-0.2, 0) is 9.53 Å². The summed E-state index contributed by atoms with van der Waals surface area (Å²) < 4.78 is 4.85. The maximum atomic E-state index is 11.3. The lowest BCUT2D eigenvalue weighted by Gasteiger charge is -2.05. The van der Waals surface area contributed by atoms with Gasteiger partial charge in [0.05, 0.1) is 12.4 Å². The van der Waals surface area contributed by atoms with Crippen LogP contribution < -0.4 is 0 Å². The van der Waals surface area contributed by atoms with E-state index in [0.717, 1.165) is 15.7 Å². The van der Waals surface area contributed by atoms with Gasteiger partial charge < -0.3 is 14.9 Å². The van der Waals surface area contributed by atoms with E-state index in [-0.39, 0.29) is 23.2 Å². The SMILES string of the molecule is CCOC(=O)CSc1ccc2cc(O)c(O)cc2c1. The molecule has 0 unspecified atom stereocenters. The van der Waals surface area contributed by atoms with Crippen LogP contribution in [-0.4, -0.2) is 28.5 Å². The molecule has 5 heteroatoms. The predicted octanol–water partition coefficient (Wildman–Crippen LogP) is 2.91. The molecule has 0 aromatic heterocycles. The standard InChI is InChI=1S/C14H14O4S/c1-2-18-14(17)8-19-11-4-3-9-6-12(15)13(16)7-10(9)5-11/h3-7,15-16H,2,8H2,1H3. The third-order valence-corrected chi connectivity index (χ3v) is 3.53. The van der Waals surface area contributed by atoms with Crippen molar-refractivity contribution in [2.75, 3.05) is 12.4 Å². The maximum Gasteiger partial charge on any atom is 0.316 e. The number of carbonyl (C=O) groups excluding carboxylic acids is 1. The number of fused-ring (bicyclic) bond motifs is 1. The molecule has 2 aromatic carbocycles. The van der Waals surface area contributed by atoms with Crippen molar-refractivity contribution in [3.8, 4) is 11.5 Å². The van der Waals surface area contributed by atoms with Crippen molar-refractivity contribution in [3.05, 3.63) is 30.3 Å². The maximum absolute atomic E-state index is 11.3. The van der Waals surface area contributed by atoms with E-state index < -0.39 is 0 Å². The fourth-order valence-electron chi connectivity index (χ4n) is 1.69. The van der Waals surface area contributed by atoms with Crippen molar-refractivity contribution >= 4 is 28.5 Å². The highest BCUT2D eigenvalue weighted by Gasteiger charge is 2.06. The fraction of sp³-hybridized carbons (Fsp3) is 0.214. The highest BCUT2D eigenvalue weighted by Crippen LogP contribution is 2.32. The second-order valence-electron chi connectivity index (χ2n) is 3.94. The molecule has 2 rings (SSSR count). The van der Waals surface area contributed by atoms with Crippen LogP contribution in [0.3, 0.4) is 0 Å². The number of thioether (sulfide) groups is 1. The second kappa shape index (κ2) is 5.84. The summed E-state index contributed by atoms with van der Waals surface area (Å²) in [5.74, 6) is -0.288. The van der Waals surface area contributed by atoms with E-state index >= 15 is 0 Å². The van der Waals surface area contributed by atoms with Gasteiger partial charge in [-0.1, -0.05) is 6.07 Å². The summed E-state index contributed by atoms with van der Waals surface area (Å²) in [6, 6.07) is 8.56. The van der Waals surface area contributed by atoms with Crippen molar-refractivity contribution < 1.29 is 19.7 Å². The molecule has 0 spiro atoms. The number of esters is 1. The summed E-state index contributed by atoms with van der Waals surface area (Å²) in [6.07, 6.45) is 0. The molecule has 0 amide bonds. The smallest absolute Gasteiger partial charge is 0.316 e. The van der Waals surface area contributed by atoms with Crippen molar-refractivity contribution in [1.82, 2.24) is 0 Å². The number of phenols is 2. The minimum absolute atomic E-state index is 0.139. The van der Waals surface area contributed by atoms with Gasteiger partial charge >= 0.3 is 5.97 Å². The number of rotatable bonds is 4. The molecule has 0 saturated carbocycles. The van der Waals surface area contributed by atoms with Crippen molar-refractivity contribution in [3.63, 3.8) is 0 Å². The second-order valence-corrected chi connectivity index (χ2v) is 4.99. The highest BCUT2D eigenvalue weighted by atomic mass is 32.2. The average Bonchev–Trinajstić information content (AvgIpc) is 2.38. The van der Waals surface area contributed by atoms with Gasteiger partial charge in [-0.2, -0.15) is 0 Å². The van der Waals surface area contributed by atoms with Crippen LogP contribution in [0.4, 0.5) is 0 Å². The topological polar surface area (TPSA) is 66.8 Å². The first-order valence-corrected chi connectivity index (χ1v) is 6.83. The summed E-state index contributed by atoms with van der Waals surface area (Å²) in [4.78, 5) is 12.2. The van der Waals surface area contributed by atoms with E-state index in [2.05, 4.69) is 0 Å². The average molecular weight is 278 g/mol. The summed E-state index contributed by atoms with van der Waals surface area (Å²) in [5.41, 5.74) is 0. The fourth-order valence-corrected chi connectivity index (χ4v) is 2.43. The molecule has 4 nitrogen and oxygen atoms in total. The Labute approximate surface area is 115 Å². The Bertz CT molecular complexity index is 610. The van der Waals surface area contributed by atoms with E-state index in [4.69, 9.17) is 4.74 Å². The van der Waals surface area contributed by atoms with Crippen LogP contribution in [0, 0.1) is 0 Å². The lowest BCUT2D eigenvalue weighted by atomic mass is 10.1. The van der Waals surface area contributed by atoms with E-state index in [1.807, 2.05) is 18.2 Å². The summed E-state index contributed by atoms with van der Waals surface area (Å²) in [7, 11) is 0. The molecule has 0 atom stereocenters. The number of hydrogen-bond donors (Lipinski definition) is 2. The van der Waals surface area contributed by atoms with Gasteiger partial charge in [0, 0.05) is 4.90 Å². The van der Waals surface area contributed by atoms with Crippen LogP contribution in [0.5, 0.6) is 11.5 Å². The van der Waals surface area contributed by atoms with E-state index in [9.17, 15) is 15.0 Å². The van der Waals surface area contributed by atoms with E-state index in [1.54, 1.807) is 6.92 Å². The van der Waals surface area contributed by atoms with Gasteiger partial charge in [-0.3, -0.25) is 4.79 Å². The first-order valence-electron chi connectivity index (χ1n) is 5.84. The number of hydrogen-bond acceptors (Lipinski definition) is 5. The van der Waals surface area contributed by atoms with Gasteiger partial charge in [0.2, 0.25) is 0 Å². The number of ether oxygens (including phenoxy) is 1. The molecule has 0 fully saturated rings. The molecule has 0 heterocycles. The Hall–Kier alpha value is -1.88. The van der Waals surface area contributed by atoms with E-state index in [0.29, 0.717) is 6.61 Å². The number of aromatic hydroxyl groups is 2. The van der Waals surface area contributed by atoms with Gasteiger partial charge in [0.15, 0.2) is 11.5 Å². The van der Waals surface area contributed by atoms with E-state index in [1.165, 1.54) is 23.9 Å². The molecular formula is C14H14O4S. The number of phenolic OH excluding ortho intramolecular Hbond substituents is 2. The Balaban J connectivity index is 2.17. The minimum atomic E-state index is -0.249. The van der Waals surface area contributed by atoms with Crippen LogP contribution in [0.25, 0.3) is 10.8 Å². The monoisotopic (exact) mass is 278 g/mol. The number of benzene rings is 2. The molecule has 0 aliphatic rings. The zero-order valence-electron chi connectivity index (χ0n) is 10.4. The zero-order valence-corrected chi connectivity index (χ0v) is 11.2. The molecular weight excluding hydrogens is 264 g/mol. The molecule has 0 aliphatic carbocycles. The Morgan fingerprint density at radius 2 is 1.84 bits per heavy atom. The zero-order chi connectivity index (χ0) is 13.8. The molecule has 0 aliphatic heterocycles. The Morgan fingerprint density at radius 1 is 1.16 bits per heavy atom. The van der Waals surface area contributed by atoms with Gasteiger partial charge in [-0.25, -0.2) is 0 Å². The Kier molecular flexibility index (Phi) is 4.16. The first-order chi connectivity index (χ1) is 9.10. The van der Waals surface area contributed by atoms with Gasteiger partial charge in [0.1, 0.15) is 0 Å². The third kappa shape index (κ3) is 3.32. The summed E-state index contributed by atoms with van der Waals surface area (Å²) >= 11 is 1.37. The van der Waals surface area contributed by atoms with Crippen LogP contribution in [0.15, 0.2) is 35.2 Å². The molecule has 2 N–H and O–H groups in total. The molecule has 0 bridgehead atoms.